The van der Waals surface area contributed by atoms with Crippen LogP contribution < -0.4 is 10.3 Å². The van der Waals surface area contributed by atoms with E-state index in [4.69, 9.17) is 4.74 Å². The predicted octanol–water partition coefficient (Wildman–Crippen LogP) is 3.88. The Morgan fingerprint density at radius 1 is 1.30 bits per heavy atom. The van der Waals surface area contributed by atoms with E-state index in [0.29, 0.717) is 6.54 Å². The number of halogens is 1. The molecule has 0 spiro atoms. The molecule has 3 nitrogen and oxygen atoms in total. The smallest absolute Gasteiger partial charge is 0.259 e. The molecule has 3 rings (SSSR count). The summed E-state index contributed by atoms with van der Waals surface area (Å²) in [5.41, 5.74) is 1.06. The van der Waals surface area contributed by atoms with Crippen molar-refractivity contribution in [3.05, 3.63) is 62.3 Å². The van der Waals surface area contributed by atoms with E-state index in [2.05, 4.69) is 15.9 Å². The number of fused-ring (bicyclic) bond motifs is 1. The van der Waals surface area contributed by atoms with Crippen molar-refractivity contribution in [1.82, 2.24) is 4.57 Å². The number of pyridine rings is 1. The summed E-state index contributed by atoms with van der Waals surface area (Å²) in [6.45, 7) is 0.516. The first-order chi connectivity index (χ1) is 9.69. The highest BCUT2D eigenvalue weighted by Crippen LogP contribution is 2.23. The minimum atomic E-state index is 0.0402. The molecule has 0 saturated carbocycles. The summed E-state index contributed by atoms with van der Waals surface area (Å²) in [5, 5.41) is 2.72. The summed E-state index contributed by atoms with van der Waals surface area (Å²) in [4.78, 5) is 12.4. The van der Waals surface area contributed by atoms with Gasteiger partial charge in [-0.05, 0) is 41.3 Å². The molecule has 0 N–H and O–H groups in total. The Morgan fingerprint density at radius 2 is 2.15 bits per heavy atom. The lowest BCUT2D eigenvalue weighted by molar-refractivity contribution is 0.414. The Labute approximate surface area is 128 Å². The van der Waals surface area contributed by atoms with Gasteiger partial charge in [0.1, 0.15) is 5.75 Å². The lowest BCUT2D eigenvalue weighted by Gasteiger charge is -2.09. The van der Waals surface area contributed by atoms with Crippen LogP contribution in [0.1, 0.15) is 5.56 Å². The van der Waals surface area contributed by atoms with Crippen LogP contribution in [0, 0.1) is 0 Å². The van der Waals surface area contributed by atoms with Gasteiger partial charge >= 0.3 is 0 Å². The van der Waals surface area contributed by atoms with E-state index in [-0.39, 0.29) is 5.56 Å². The first kappa shape index (κ1) is 13.4. The molecule has 1 aromatic carbocycles. The van der Waals surface area contributed by atoms with Gasteiger partial charge in [0.25, 0.3) is 5.56 Å². The van der Waals surface area contributed by atoms with E-state index in [1.807, 2.05) is 41.9 Å². The van der Waals surface area contributed by atoms with Crippen LogP contribution in [-0.2, 0) is 6.54 Å². The summed E-state index contributed by atoms with van der Waals surface area (Å²) in [7, 11) is 1.64. The van der Waals surface area contributed by atoms with E-state index in [1.54, 1.807) is 23.0 Å². The van der Waals surface area contributed by atoms with Gasteiger partial charge in [0, 0.05) is 15.4 Å². The van der Waals surface area contributed by atoms with Crippen molar-refractivity contribution in [2.24, 2.45) is 0 Å². The van der Waals surface area contributed by atoms with Crippen molar-refractivity contribution < 1.29 is 4.74 Å². The Kier molecular flexibility index (Phi) is 3.63. The fourth-order valence-electron chi connectivity index (χ4n) is 2.11. The number of nitrogens with zero attached hydrogens (tertiary/aromatic N) is 1. The molecular weight excluding hydrogens is 338 g/mol. The van der Waals surface area contributed by atoms with Gasteiger partial charge in [-0.3, -0.25) is 4.79 Å². The highest BCUT2D eigenvalue weighted by Gasteiger charge is 2.07. The van der Waals surface area contributed by atoms with E-state index >= 15 is 0 Å². The van der Waals surface area contributed by atoms with Crippen LogP contribution >= 0.6 is 27.3 Å². The van der Waals surface area contributed by atoms with Gasteiger partial charge in [-0.25, -0.2) is 0 Å². The molecule has 5 heteroatoms. The molecule has 0 bridgehead atoms. The van der Waals surface area contributed by atoms with Crippen molar-refractivity contribution >= 4 is 37.4 Å². The van der Waals surface area contributed by atoms with Gasteiger partial charge in [-0.15, -0.1) is 11.3 Å². The SMILES string of the molecule is COc1ccc(Br)c(Cn2ccc3sccc3c2=O)c1. The lowest BCUT2D eigenvalue weighted by Crippen LogP contribution is -2.19. The van der Waals surface area contributed by atoms with E-state index in [1.165, 1.54) is 0 Å². The third-order valence-electron chi connectivity index (χ3n) is 3.19. The highest BCUT2D eigenvalue weighted by atomic mass is 79.9. The van der Waals surface area contributed by atoms with Gasteiger partial charge in [0.15, 0.2) is 0 Å². The zero-order valence-electron chi connectivity index (χ0n) is 10.8. The van der Waals surface area contributed by atoms with Crippen LogP contribution in [0.25, 0.3) is 10.1 Å². The van der Waals surface area contributed by atoms with Crippen LogP contribution in [0.15, 0.2) is 51.2 Å². The molecule has 0 atom stereocenters. The number of methoxy groups -OCH3 is 1. The summed E-state index contributed by atoms with van der Waals surface area (Å²) < 4.78 is 8.94. The average molecular weight is 350 g/mol. The quantitative estimate of drug-likeness (QED) is 0.718. The second-order valence-electron chi connectivity index (χ2n) is 4.40. The molecular formula is C15H12BrNO2S. The summed E-state index contributed by atoms with van der Waals surface area (Å²) in [5.74, 6) is 0.785. The maximum absolute atomic E-state index is 12.4. The number of hydrogen-bond donors (Lipinski definition) is 0. The van der Waals surface area contributed by atoms with Crippen molar-refractivity contribution in [2.45, 2.75) is 6.54 Å². The lowest BCUT2D eigenvalue weighted by atomic mass is 10.2. The van der Waals surface area contributed by atoms with E-state index in [9.17, 15) is 4.79 Å². The molecule has 0 saturated heterocycles. The molecule has 0 radical (unpaired) electrons. The van der Waals surface area contributed by atoms with E-state index < -0.39 is 0 Å². The van der Waals surface area contributed by atoms with Crippen LogP contribution in [0.2, 0.25) is 0 Å². The first-order valence-electron chi connectivity index (χ1n) is 6.08. The molecule has 0 fully saturated rings. The largest absolute Gasteiger partial charge is 0.497 e. The van der Waals surface area contributed by atoms with Gasteiger partial charge in [0.2, 0.25) is 0 Å². The standard InChI is InChI=1S/C15H12BrNO2S/c1-19-11-2-3-13(16)10(8-11)9-17-6-4-14-12(15(17)18)5-7-20-14/h2-8H,9H2,1H3. The van der Waals surface area contributed by atoms with E-state index in [0.717, 1.165) is 25.9 Å². The number of benzene rings is 1. The minimum absolute atomic E-state index is 0.0402. The highest BCUT2D eigenvalue weighted by molar-refractivity contribution is 9.10. The van der Waals surface area contributed by atoms with Crippen LogP contribution in [0.4, 0.5) is 0 Å². The van der Waals surface area contributed by atoms with Gasteiger partial charge in [-0.2, -0.15) is 0 Å². The summed E-state index contributed by atoms with van der Waals surface area (Å²) >= 11 is 5.10. The third-order valence-corrected chi connectivity index (χ3v) is 4.84. The minimum Gasteiger partial charge on any atom is -0.497 e. The maximum Gasteiger partial charge on any atom is 0.259 e. The van der Waals surface area contributed by atoms with Crippen LogP contribution in [0.3, 0.4) is 0 Å². The van der Waals surface area contributed by atoms with Crippen molar-refractivity contribution in [2.75, 3.05) is 7.11 Å². The molecule has 0 unspecified atom stereocenters. The van der Waals surface area contributed by atoms with Gasteiger partial charge in [0.05, 0.1) is 19.0 Å². The molecule has 102 valence electrons. The number of aromatic nitrogens is 1. The topological polar surface area (TPSA) is 31.2 Å². The molecule has 0 amide bonds. The fourth-order valence-corrected chi connectivity index (χ4v) is 3.26. The summed E-state index contributed by atoms with van der Waals surface area (Å²) in [6, 6.07) is 9.62. The van der Waals surface area contributed by atoms with Crippen molar-refractivity contribution in [1.29, 1.82) is 0 Å². The third kappa shape index (κ3) is 2.39. The zero-order valence-corrected chi connectivity index (χ0v) is 13.2. The first-order valence-corrected chi connectivity index (χ1v) is 7.75. The molecule has 0 aliphatic rings. The molecule has 2 heterocycles. The second-order valence-corrected chi connectivity index (χ2v) is 6.21. The van der Waals surface area contributed by atoms with Crippen molar-refractivity contribution in [3.63, 3.8) is 0 Å². The monoisotopic (exact) mass is 349 g/mol. The Balaban J connectivity index is 2.05. The zero-order chi connectivity index (χ0) is 14.1. The number of ether oxygens (including phenoxy) is 1. The average Bonchev–Trinajstić information content (AvgIpc) is 2.93. The van der Waals surface area contributed by atoms with Crippen molar-refractivity contribution in [3.8, 4) is 5.75 Å². The predicted molar refractivity (Wildman–Crippen MR) is 85.9 cm³/mol. The van der Waals surface area contributed by atoms with Crippen LogP contribution in [-0.4, -0.2) is 11.7 Å². The molecule has 0 aliphatic heterocycles. The number of rotatable bonds is 3. The number of thiophene rings is 1. The Hall–Kier alpha value is -1.59. The Bertz CT molecular complexity index is 822. The molecule has 2 aromatic heterocycles. The van der Waals surface area contributed by atoms with Gasteiger partial charge < -0.3 is 9.30 Å². The second kappa shape index (κ2) is 5.42. The molecule has 3 aromatic rings. The molecule has 0 aliphatic carbocycles. The van der Waals surface area contributed by atoms with Gasteiger partial charge in [-0.1, -0.05) is 15.9 Å². The van der Waals surface area contributed by atoms with Crippen LogP contribution in [0.5, 0.6) is 5.75 Å². The maximum atomic E-state index is 12.4. The molecule has 20 heavy (non-hydrogen) atoms. The fraction of sp³-hybridized carbons (Fsp3) is 0.133. The summed E-state index contributed by atoms with van der Waals surface area (Å²) in [6.07, 6.45) is 1.84. The normalized spacial score (nSPS) is 10.9. The number of hydrogen-bond acceptors (Lipinski definition) is 3. The Morgan fingerprint density at radius 3 is 2.95 bits per heavy atom.